The minimum absolute atomic E-state index is 0.0696. The van der Waals surface area contributed by atoms with Crippen LogP contribution in [0.15, 0.2) is 66.2 Å². The van der Waals surface area contributed by atoms with E-state index in [9.17, 15) is 21.0 Å². The number of fused-ring (bicyclic) bond motifs is 3. The second-order valence-corrected chi connectivity index (χ2v) is 8.34. The average molecular weight is 448 g/mol. The Morgan fingerprint density at radius 1 is 0.800 bits per heavy atom. The highest BCUT2D eigenvalue weighted by atomic mass is 15.2. The van der Waals surface area contributed by atoms with Gasteiger partial charge in [-0.15, -0.1) is 0 Å². The molecule has 2 heterocycles. The molecule has 2 aliphatic heterocycles. The lowest BCUT2D eigenvalue weighted by molar-refractivity contribution is 0.824. The third-order valence-corrected chi connectivity index (χ3v) is 6.58. The number of nitriles is 4. The lowest BCUT2D eigenvalue weighted by Crippen LogP contribution is -2.45. The molecule has 2 aliphatic rings. The van der Waals surface area contributed by atoms with Crippen molar-refractivity contribution in [3.8, 4) is 24.3 Å². The predicted molar refractivity (Wildman–Crippen MR) is 134 cm³/mol. The van der Waals surface area contributed by atoms with Gasteiger partial charge in [-0.05, 0) is 46.2 Å². The van der Waals surface area contributed by atoms with Gasteiger partial charge in [0.1, 0.15) is 24.3 Å². The van der Waals surface area contributed by atoms with Crippen LogP contribution in [0.4, 0.5) is 5.69 Å². The van der Waals surface area contributed by atoms with E-state index in [0.717, 1.165) is 32.8 Å². The van der Waals surface area contributed by atoms with Crippen LogP contribution in [0, 0.1) is 45.3 Å². The highest BCUT2D eigenvalue weighted by molar-refractivity contribution is 6.08. The van der Waals surface area contributed by atoms with E-state index in [1.54, 1.807) is 0 Å². The Labute approximate surface area is 202 Å². The lowest BCUT2D eigenvalue weighted by atomic mass is 9.77. The van der Waals surface area contributed by atoms with Crippen LogP contribution in [-0.2, 0) is 0 Å². The summed E-state index contributed by atoms with van der Waals surface area (Å²) in [5.41, 5.74) is 4.64. The summed E-state index contributed by atoms with van der Waals surface area (Å²) in [5.74, 6) is 0. The summed E-state index contributed by atoms with van der Waals surface area (Å²) in [6.45, 7) is 6.11. The molecule has 5 rings (SSSR count). The van der Waals surface area contributed by atoms with Gasteiger partial charge in [-0.2, -0.15) is 21.0 Å². The Bertz CT molecular complexity index is 1760. The monoisotopic (exact) mass is 447 g/mol. The minimum Gasteiger partial charge on any atom is -0.329 e. The molecule has 3 aromatic carbocycles. The average Bonchev–Trinajstić information content (AvgIpc) is 2.86. The summed E-state index contributed by atoms with van der Waals surface area (Å²) in [6, 6.07) is 25.6. The molecule has 0 fully saturated rings. The van der Waals surface area contributed by atoms with Crippen LogP contribution in [0.1, 0.15) is 40.3 Å². The zero-order valence-electron chi connectivity index (χ0n) is 18.9. The van der Waals surface area contributed by atoms with Crippen molar-refractivity contribution in [3.63, 3.8) is 0 Å². The number of allylic oxidation sites excluding steroid dienone is 1. The molecule has 0 radical (unpaired) electrons. The number of rotatable bonds is 2. The van der Waals surface area contributed by atoms with Crippen molar-refractivity contribution < 1.29 is 0 Å². The third-order valence-electron chi connectivity index (χ3n) is 6.58. The highest BCUT2D eigenvalue weighted by Gasteiger charge is 2.42. The molecular formula is C30H17N5. The van der Waals surface area contributed by atoms with Gasteiger partial charge in [0.15, 0.2) is 0 Å². The standard InChI is InChI=1S/C30H17N5/c1-18-8-6-7-11-21(18)12-22-19(2)27-13-28(20-9-4-3-5-10-20)35(27)30-26(17-34)24(15-32)23(14-31)25(16-33)29(22)30/h3-13,27H,1H2,2H3/b21-12-. The Morgan fingerprint density at radius 2 is 1.40 bits per heavy atom. The smallest absolute Gasteiger partial charge is 0.103 e. The summed E-state index contributed by atoms with van der Waals surface area (Å²) in [7, 11) is 0. The lowest BCUT2D eigenvalue weighted by Gasteiger charge is -2.48. The number of nitrogens with zero attached hydrogens (tertiary/aromatic N) is 5. The van der Waals surface area contributed by atoms with E-state index in [0.29, 0.717) is 11.3 Å². The molecular weight excluding hydrogens is 430 g/mol. The van der Waals surface area contributed by atoms with E-state index in [-0.39, 0.29) is 28.3 Å². The molecule has 5 heteroatoms. The van der Waals surface area contributed by atoms with E-state index in [1.165, 1.54) is 0 Å². The van der Waals surface area contributed by atoms with Gasteiger partial charge in [0.05, 0.1) is 34.0 Å². The van der Waals surface area contributed by atoms with Gasteiger partial charge >= 0.3 is 0 Å². The Morgan fingerprint density at radius 3 is 2.03 bits per heavy atom. The van der Waals surface area contributed by atoms with Crippen LogP contribution in [0.3, 0.4) is 0 Å². The summed E-state index contributed by atoms with van der Waals surface area (Å²) in [4.78, 5) is 2.01. The second-order valence-electron chi connectivity index (χ2n) is 8.34. The maximum absolute atomic E-state index is 10.2. The Balaban J connectivity index is 1.95. The second kappa shape index (κ2) is 8.20. The number of hydrogen-bond acceptors (Lipinski definition) is 5. The van der Waals surface area contributed by atoms with Gasteiger partial charge in [-0.3, -0.25) is 0 Å². The first-order chi connectivity index (χ1) is 17.0. The number of anilines is 1. The Hall–Kier alpha value is -5.36. The minimum atomic E-state index is -0.154. The molecule has 0 aromatic heterocycles. The molecule has 0 bridgehead atoms. The molecule has 0 saturated carbocycles. The molecule has 1 atom stereocenters. The van der Waals surface area contributed by atoms with E-state index in [1.807, 2.05) is 84.6 Å². The quantitative estimate of drug-likeness (QED) is 0.589. The van der Waals surface area contributed by atoms with Gasteiger partial charge in [0.25, 0.3) is 0 Å². The summed E-state index contributed by atoms with van der Waals surface area (Å²) in [6.07, 6.45) is 4.08. The largest absolute Gasteiger partial charge is 0.329 e. The SMILES string of the molecule is C=c1cccc/c1=C/C1=C(C)C2C=C(c3ccccc3)N2c2c(C#N)c(C#N)c(C#N)c(C#N)c21. The van der Waals surface area contributed by atoms with Crippen molar-refractivity contribution >= 4 is 29.6 Å². The van der Waals surface area contributed by atoms with Gasteiger partial charge in [0, 0.05) is 11.3 Å². The van der Waals surface area contributed by atoms with Crippen molar-refractivity contribution in [1.29, 1.82) is 21.0 Å². The number of hydrogen-bond donors (Lipinski definition) is 0. The summed E-state index contributed by atoms with van der Waals surface area (Å²) < 4.78 is 0. The molecule has 5 nitrogen and oxygen atoms in total. The van der Waals surface area contributed by atoms with Gasteiger partial charge in [-0.1, -0.05) is 61.2 Å². The van der Waals surface area contributed by atoms with Crippen LogP contribution >= 0.6 is 0 Å². The summed E-state index contributed by atoms with van der Waals surface area (Å²) >= 11 is 0. The molecule has 0 saturated heterocycles. The van der Waals surface area contributed by atoms with Crippen molar-refractivity contribution in [2.75, 3.05) is 4.90 Å². The van der Waals surface area contributed by atoms with E-state index >= 15 is 0 Å². The van der Waals surface area contributed by atoms with Crippen LogP contribution in [0.2, 0.25) is 0 Å². The first-order valence-electron chi connectivity index (χ1n) is 10.9. The van der Waals surface area contributed by atoms with Gasteiger partial charge < -0.3 is 4.90 Å². The molecule has 162 valence electrons. The van der Waals surface area contributed by atoms with E-state index in [2.05, 4.69) is 24.8 Å². The molecule has 0 aliphatic carbocycles. The topological polar surface area (TPSA) is 98.4 Å². The first kappa shape index (κ1) is 21.5. The van der Waals surface area contributed by atoms with Crippen molar-refractivity contribution in [2.24, 2.45) is 0 Å². The molecule has 3 aromatic rings. The van der Waals surface area contributed by atoms with Crippen molar-refractivity contribution in [3.05, 3.63) is 110 Å². The predicted octanol–water partition coefficient (Wildman–Crippen LogP) is 4.08. The molecule has 35 heavy (non-hydrogen) atoms. The molecule has 1 unspecified atom stereocenters. The number of benzene rings is 3. The van der Waals surface area contributed by atoms with Crippen LogP contribution in [0.25, 0.3) is 23.9 Å². The van der Waals surface area contributed by atoms with Crippen LogP contribution in [0.5, 0.6) is 0 Å². The fourth-order valence-corrected chi connectivity index (χ4v) is 4.85. The normalized spacial score (nSPS) is 16.0. The van der Waals surface area contributed by atoms with Gasteiger partial charge in [0.2, 0.25) is 0 Å². The zero-order chi connectivity index (χ0) is 24.7. The Kier molecular flexibility index (Phi) is 5.04. The molecule has 0 N–H and O–H groups in total. The van der Waals surface area contributed by atoms with Crippen LogP contribution < -0.4 is 15.3 Å². The fraction of sp³-hybridized carbons (Fsp3) is 0.0667. The maximum Gasteiger partial charge on any atom is 0.103 e. The molecule has 0 amide bonds. The highest BCUT2D eigenvalue weighted by Crippen LogP contribution is 2.52. The first-order valence-corrected chi connectivity index (χ1v) is 10.9. The van der Waals surface area contributed by atoms with Gasteiger partial charge in [-0.25, -0.2) is 0 Å². The summed E-state index contributed by atoms with van der Waals surface area (Å²) in [5, 5.41) is 41.9. The zero-order valence-corrected chi connectivity index (χ0v) is 18.9. The third kappa shape index (κ3) is 3.05. The maximum atomic E-state index is 10.2. The van der Waals surface area contributed by atoms with E-state index < -0.39 is 0 Å². The fourth-order valence-electron chi connectivity index (χ4n) is 4.85. The molecule has 0 spiro atoms. The van der Waals surface area contributed by atoms with Crippen molar-refractivity contribution in [1.82, 2.24) is 0 Å². The van der Waals surface area contributed by atoms with Crippen LogP contribution in [-0.4, -0.2) is 6.04 Å². The van der Waals surface area contributed by atoms with E-state index in [4.69, 9.17) is 0 Å². The van der Waals surface area contributed by atoms with Crippen molar-refractivity contribution in [2.45, 2.75) is 13.0 Å².